The molecule has 0 fully saturated rings. The van der Waals surface area contributed by atoms with Gasteiger partial charge in [0.05, 0.1) is 6.61 Å². The molecule has 0 saturated carbocycles. The number of hydrogen-bond acceptors (Lipinski definition) is 12. The Bertz CT molecular complexity index is 954. The van der Waals surface area contributed by atoms with Gasteiger partial charge in [-0.2, -0.15) is 0 Å². The van der Waals surface area contributed by atoms with Crippen LogP contribution >= 0.6 is 0 Å². The van der Waals surface area contributed by atoms with Gasteiger partial charge in [0.2, 0.25) is 0 Å². The summed E-state index contributed by atoms with van der Waals surface area (Å²) in [5.41, 5.74) is 7.23. The first-order valence-corrected chi connectivity index (χ1v) is 16.5. The standard InChI is InChI=1S/C33H52N2O11/c34-26-18-13-11-9-7-5-3-1-2-4-6-8-10-12-14-19-27-38-40-42-44-46-45-43-41-39-32-24-22-30(23-25-32)28-35-33(36)37-29-31-20-16-15-17-21-31/h15-17,20-25H,1-14,18-19,26-29,34H2,(H,35,36). The average molecular weight is 653 g/mol. The fourth-order valence-corrected chi connectivity index (χ4v) is 4.55. The van der Waals surface area contributed by atoms with Crippen molar-refractivity contribution < 1.29 is 54.6 Å². The van der Waals surface area contributed by atoms with E-state index in [1.54, 1.807) is 24.3 Å². The molecule has 2 aromatic carbocycles. The van der Waals surface area contributed by atoms with Gasteiger partial charge in [-0.3, -0.25) is 0 Å². The summed E-state index contributed by atoms with van der Waals surface area (Å²) in [6, 6.07) is 16.0. The van der Waals surface area contributed by atoms with Crippen LogP contribution in [0.25, 0.3) is 0 Å². The predicted molar refractivity (Wildman–Crippen MR) is 167 cm³/mol. The maximum absolute atomic E-state index is 11.8. The van der Waals surface area contributed by atoms with Gasteiger partial charge in [-0.25, -0.2) is 9.68 Å². The first-order chi connectivity index (χ1) is 22.8. The number of carbonyl (C=O) groups excluding carboxylic acids is 1. The van der Waals surface area contributed by atoms with Crippen molar-refractivity contribution in [3.63, 3.8) is 0 Å². The Hall–Kier alpha value is -2.85. The van der Waals surface area contributed by atoms with Crippen molar-refractivity contribution in [2.45, 2.75) is 116 Å². The third-order valence-electron chi connectivity index (χ3n) is 7.10. The number of carbonyl (C=O) groups is 1. The molecule has 0 unspecified atom stereocenters. The molecule has 13 heteroatoms. The lowest BCUT2D eigenvalue weighted by molar-refractivity contribution is -0.827. The van der Waals surface area contributed by atoms with E-state index in [0.29, 0.717) is 6.61 Å². The van der Waals surface area contributed by atoms with E-state index < -0.39 is 6.09 Å². The minimum absolute atomic E-state index is 0.193. The molecule has 0 aliphatic heterocycles. The lowest BCUT2D eigenvalue weighted by Crippen LogP contribution is -2.23. The highest BCUT2D eigenvalue weighted by Crippen LogP contribution is 2.15. The highest BCUT2D eigenvalue weighted by molar-refractivity contribution is 5.67. The van der Waals surface area contributed by atoms with Crippen molar-refractivity contribution in [1.82, 2.24) is 5.32 Å². The maximum Gasteiger partial charge on any atom is 0.407 e. The van der Waals surface area contributed by atoms with Crippen LogP contribution in [0.1, 0.15) is 114 Å². The molecule has 0 radical (unpaired) electrons. The Labute approximate surface area is 272 Å². The molecule has 0 atom stereocenters. The molecule has 2 rings (SSSR count). The van der Waals surface area contributed by atoms with Crippen LogP contribution in [0.3, 0.4) is 0 Å². The van der Waals surface area contributed by atoms with Crippen LogP contribution in [0.5, 0.6) is 5.75 Å². The van der Waals surface area contributed by atoms with Crippen molar-refractivity contribution in [2.24, 2.45) is 5.73 Å². The van der Waals surface area contributed by atoms with Crippen molar-refractivity contribution in [3.05, 3.63) is 65.7 Å². The number of alkyl carbamates (subject to hydrolysis) is 1. The molecule has 2 aromatic rings. The van der Waals surface area contributed by atoms with Gasteiger partial charge in [0.1, 0.15) is 6.61 Å². The van der Waals surface area contributed by atoms with Gasteiger partial charge >= 0.3 is 6.09 Å². The van der Waals surface area contributed by atoms with Crippen LogP contribution in [0, 0.1) is 0 Å². The van der Waals surface area contributed by atoms with Crippen LogP contribution in [-0.2, 0) is 58.0 Å². The van der Waals surface area contributed by atoms with Crippen molar-refractivity contribution >= 4 is 6.09 Å². The van der Waals surface area contributed by atoms with E-state index >= 15 is 0 Å². The zero-order valence-corrected chi connectivity index (χ0v) is 26.9. The molecule has 3 N–H and O–H groups in total. The summed E-state index contributed by atoms with van der Waals surface area (Å²) < 4.78 is 5.16. The quantitative estimate of drug-likeness (QED) is 0.0460. The van der Waals surface area contributed by atoms with Crippen LogP contribution in [-0.4, -0.2) is 19.2 Å². The number of rotatable bonds is 31. The Morgan fingerprint density at radius 2 is 1.04 bits per heavy atom. The fourth-order valence-electron chi connectivity index (χ4n) is 4.55. The van der Waals surface area contributed by atoms with Gasteiger partial charge in [-0.1, -0.05) is 132 Å². The first-order valence-electron chi connectivity index (χ1n) is 16.5. The third kappa shape index (κ3) is 23.5. The van der Waals surface area contributed by atoms with Gasteiger partial charge in [0.25, 0.3) is 0 Å². The summed E-state index contributed by atoms with van der Waals surface area (Å²) in [5.74, 6) is 0.287. The van der Waals surface area contributed by atoms with Gasteiger partial charge in [0, 0.05) is 26.7 Å². The molecule has 0 aliphatic rings. The van der Waals surface area contributed by atoms with Crippen LogP contribution in [0.15, 0.2) is 54.6 Å². The molecular weight excluding hydrogens is 600 g/mol. The minimum atomic E-state index is -0.523. The topological polar surface area (TPSA) is 147 Å². The molecule has 0 aromatic heterocycles. The fraction of sp³-hybridized carbons (Fsp3) is 0.606. The van der Waals surface area contributed by atoms with Crippen LogP contribution < -0.4 is 15.9 Å². The Kier molecular flexibility index (Phi) is 25.3. The highest BCUT2D eigenvalue weighted by Gasteiger charge is 2.04. The molecule has 13 nitrogen and oxygen atoms in total. The summed E-state index contributed by atoms with van der Waals surface area (Å²) in [6.45, 7) is 1.63. The minimum Gasteiger partial charge on any atom is -0.445 e. The van der Waals surface area contributed by atoms with Gasteiger partial charge in [-0.05, 0) is 57.8 Å². The van der Waals surface area contributed by atoms with E-state index in [1.807, 2.05) is 30.3 Å². The number of benzene rings is 2. The van der Waals surface area contributed by atoms with Gasteiger partial charge < -0.3 is 20.7 Å². The van der Waals surface area contributed by atoms with E-state index in [1.165, 1.54) is 83.5 Å². The molecule has 0 heterocycles. The lowest BCUT2D eigenvalue weighted by atomic mass is 10.0. The number of unbranched alkanes of at least 4 members (excludes halogenated alkanes) is 15. The zero-order valence-electron chi connectivity index (χ0n) is 26.9. The highest BCUT2D eigenvalue weighted by atomic mass is 17.9. The molecule has 0 saturated heterocycles. The average Bonchev–Trinajstić information content (AvgIpc) is 3.09. The first kappa shape index (κ1) is 39.3. The Balaban J connectivity index is 1.26. The summed E-state index contributed by atoms with van der Waals surface area (Å²) in [5, 5.41) is 31.7. The Morgan fingerprint density at radius 1 is 0.543 bits per heavy atom. The molecule has 46 heavy (non-hydrogen) atoms. The van der Waals surface area contributed by atoms with Gasteiger partial charge in [-0.15, -0.1) is 0 Å². The van der Waals surface area contributed by atoms with E-state index in [9.17, 15) is 4.79 Å². The number of ether oxygens (including phenoxy) is 1. The normalized spacial score (nSPS) is 11.1. The largest absolute Gasteiger partial charge is 0.445 e. The van der Waals surface area contributed by atoms with E-state index in [2.05, 4.69) is 40.6 Å². The second-order valence-corrected chi connectivity index (χ2v) is 10.9. The summed E-state index contributed by atoms with van der Waals surface area (Å²) in [7, 11) is 0. The zero-order chi connectivity index (χ0) is 32.6. The number of nitrogens with one attached hydrogen (secondary N) is 1. The molecule has 260 valence electrons. The van der Waals surface area contributed by atoms with Crippen molar-refractivity contribution in [1.29, 1.82) is 0 Å². The number of nitrogens with two attached hydrogens (primary N) is 1. The Morgan fingerprint density at radius 3 is 1.61 bits per heavy atom. The second kappa shape index (κ2) is 29.5. The summed E-state index contributed by atoms with van der Waals surface area (Å²) in [4.78, 5) is 21.5. The third-order valence-corrected chi connectivity index (χ3v) is 7.10. The molecule has 1 amide bonds. The van der Waals surface area contributed by atoms with E-state index in [4.69, 9.17) is 20.2 Å². The predicted octanol–water partition coefficient (Wildman–Crippen LogP) is 8.14. The lowest BCUT2D eigenvalue weighted by Gasteiger charge is -2.07. The second-order valence-electron chi connectivity index (χ2n) is 10.9. The van der Waals surface area contributed by atoms with Crippen LogP contribution in [0.4, 0.5) is 4.79 Å². The smallest absolute Gasteiger partial charge is 0.407 e. The van der Waals surface area contributed by atoms with Gasteiger partial charge in [0.15, 0.2) is 5.75 Å². The summed E-state index contributed by atoms with van der Waals surface area (Å²) in [6.07, 6.45) is 19.7. The maximum atomic E-state index is 11.8. The van der Waals surface area contributed by atoms with Crippen molar-refractivity contribution in [2.75, 3.05) is 13.2 Å². The molecule has 0 spiro atoms. The molecular formula is C33H52N2O11. The SMILES string of the molecule is NCCCCCCCCCCCCCCCCCCOOOOOOOOOc1ccc(CNC(=O)OCc2ccccc2)cc1. The number of hydrogen-bond donors (Lipinski definition) is 2. The molecule has 0 bridgehead atoms. The number of amides is 1. The van der Waals surface area contributed by atoms with Crippen LogP contribution in [0.2, 0.25) is 0 Å². The monoisotopic (exact) mass is 652 g/mol. The van der Waals surface area contributed by atoms with Crippen molar-refractivity contribution in [3.8, 4) is 5.75 Å². The van der Waals surface area contributed by atoms with E-state index in [-0.39, 0.29) is 18.9 Å². The summed E-state index contributed by atoms with van der Waals surface area (Å²) >= 11 is 0. The van der Waals surface area contributed by atoms with E-state index in [0.717, 1.165) is 36.9 Å². The molecule has 0 aliphatic carbocycles.